The van der Waals surface area contributed by atoms with Crippen LogP contribution in [0.25, 0.3) is 0 Å². The predicted octanol–water partition coefficient (Wildman–Crippen LogP) is 17.6. The molecule has 1 aliphatic rings. The quantitative estimate of drug-likeness (QED) is 0.0228. The van der Waals surface area contributed by atoms with Crippen molar-refractivity contribution < 1.29 is 58.2 Å². The van der Waals surface area contributed by atoms with Crippen molar-refractivity contribution in [3.8, 4) is 0 Å². The number of aliphatic carboxylic acids is 1. The minimum absolute atomic E-state index is 0.0537. The smallest absolute Gasteiger partial charge is 0.335 e. The third kappa shape index (κ3) is 45.2. The van der Waals surface area contributed by atoms with E-state index in [0.717, 1.165) is 116 Å². The number of esters is 3. The summed E-state index contributed by atoms with van der Waals surface area (Å²) in [6, 6.07) is 0. The molecule has 6 unspecified atom stereocenters. The van der Waals surface area contributed by atoms with E-state index >= 15 is 0 Å². The normalized spacial score (nSPS) is 18.0. The number of carbonyl (C=O) groups excluding carboxylic acids is 3. The molecule has 3 N–H and O–H groups in total. The number of carboxylic acid groups (broad SMARTS) is 1. The molecule has 0 saturated carbocycles. The maximum atomic E-state index is 13.2. The largest absolute Gasteiger partial charge is 0.479 e. The molecule has 0 aromatic carbocycles. The Bertz CT molecular complexity index is 1510. The van der Waals surface area contributed by atoms with Gasteiger partial charge in [-0.1, -0.05) is 256 Å². The van der Waals surface area contributed by atoms with Crippen LogP contribution in [0.4, 0.5) is 0 Å². The molecular formula is C67H120O12. The summed E-state index contributed by atoms with van der Waals surface area (Å²) in [6.45, 7) is 5.99. The summed E-state index contributed by atoms with van der Waals surface area (Å²) in [6.07, 6.45) is 53.9. The van der Waals surface area contributed by atoms with Crippen LogP contribution in [0.2, 0.25) is 0 Å². The van der Waals surface area contributed by atoms with Gasteiger partial charge in [-0.2, -0.15) is 0 Å². The van der Waals surface area contributed by atoms with Crippen molar-refractivity contribution in [1.29, 1.82) is 0 Å². The second-order valence-electron chi connectivity index (χ2n) is 22.8. The minimum Gasteiger partial charge on any atom is -0.479 e. The van der Waals surface area contributed by atoms with E-state index < -0.39 is 67.3 Å². The van der Waals surface area contributed by atoms with Crippen molar-refractivity contribution in [2.45, 2.75) is 353 Å². The van der Waals surface area contributed by atoms with Gasteiger partial charge in [0.25, 0.3) is 0 Å². The van der Waals surface area contributed by atoms with Gasteiger partial charge in [0, 0.05) is 19.3 Å². The van der Waals surface area contributed by atoms with Crippen LogP contribution in [0.3, 0.4) is 0 Å². The van der Waals surface area contributed by atoms with E-state index in [9.17, 15) is 34.5 Å². The first kappa shape index (κ1) is 74.0. The van der Waals surface area contributed by atoms with Crippen LogP contribution in [-0.2, 0) is 42.9 Å². The molecule has 1 rings (SSSR count). The molecule has 12 nitrogen and oxygen atoms in total. The molecule has 79 heavy (non-hydrogen) atoms. The summed E-state index contributed by atoms with van der Waals surface area (Å²) in [5, 5.41) is 31.6. The van der Waals surface area contributed by atoms with E-state index in [1.165, 1.54) is 141 Å². The Kier molecular flexibility index (Phi) is 51.9. The fourth-order valence-electron chi connectivity index (χ4n) is 10.1. The van der Waals surface area contributed by atoms with Crippen LogP contribution >= 0.6 is 0 Å². The summed E-state index contributed by atoms with van der Waals surface area (Å²) in [5.41, 5.74) is 0. The monoisotopic (exact) mass is 1120 g/mol. The van der Waals surface area contributed by atoms with Crippen molar-refractivity contribution in [3.05, 3.63) is 36.5 Å². The zero-order valence-electron chi connectivity index (χ0n) is 50.9. The molecule has 6 atom stereocenters. The van der Waals surface area contributed by atoms with Crippen LogP contribution in [-0.4, -0.2) is 89.2 Å². The Labute approximate surface area is 482 Å². The molecule has 1 aliphatic heterocycles. The lowest BCUT2D eigenvalue weighted by atomic mass is 9.98. The number of aliphatic hydroxyl groups is 2. The van der Waals surface area contributed by atoms with Gasteiger partial charge in [0.15, 0.2) is 24.6 Å². The van der Waals surface area contributed by atoms with E-state index in [4.69, 9.17) is 23.7 Å². The van der Waals surface area contributed by atoms with Gasteiger partial charge in [0.1, 0.15) is 18.8 Å². The Morgan fingerprint density at radius 3 is 1.19 bits per heavy atom. The van der Waals surface area contributed by atoms with Gasteiger partial charge < -0.3 is 39.0 Å². The number of unbranched alkanes of at least 4 members (excludes halogenated alkanes) is 37. The number of ether oxygens (including phenoxy) is 5. The molecule has 1 saturated heterocycles. The highest BCUT2D eigenvalue weighted by atomic mass is 16.7. The Hall–Kier alpha value is -3.06. The maximum Gasteiger partial charge on any atom is 0.335 e. The van der Waals surface area contributed by atoms with Gasteiger partial charge in [-0.15, -0.1) is 0 Å². The van der Waals surface area contributed by atoms with E-state index in [-0.39, 0.29) is 25.9 Å². The van der Waals surface area contributed by atoms with Crippen molar-refractivity contribution in [2.75, 3.05) is 13.2 Å². The molecule has 0 aromatic rings. The second-order valence-corrected chi connectivity index (χ2v) is 22.8. The van der Waals surface area contributed by atoms with Gasteiger partial charge in [0.2, 0.25) is 0 Å². The highest BCUT2D eigenvalue weighted by Crippen LogP contribution is 2.27. The van der Waals surface area contributed by atoms with Gasteiger partial charge in [-0.3, -0.25) is 14.4 Å². The summed E-state index contributed by atoms with van der Waals surface area (Å²) >= 11 is 0. The van der Waals surface area contributed by atoms with Crippen LogP contribution in [0, 0.1) is 0 Å². The fourth-order valence-corrected chi connectivity index (χ4v) is 10.1. The number of aliphatic hydroxyl groups excluding tert-OH is 2. The Morgan fingerprint density at radius 1 is 0.418 bits per heavy atom. The standard InChI is InChI=1S/C67H120O12/c1-4-7-10-13-16-19-22-25-27-29-30-32-33-36-38-41-44-47-50-53-59(68)75-56-58(77-60(69)54-51-48-45-42-39-35-24-21-18-15-12-9-6-3)57-76-67-65(63(72)62(71)64(79-67)66(73)74)78-61(70)55-52-49-46-43-40-37-34-31-28-26-23-20-17-14-11-8-5-2/h17,20-21,24,26,28,58,62-65,67,71-72H,4-16,18-19,22-23,25,27,29-57H2,1-3H3,(H,73,74)/b20-17-,24-21-,28-26-. The third-order valence-corrected chi connectivity index (χ3v) is 15.2. The summed E-state index contributed by atoms with van der Waals surface area (Å²) in [7, 11) is 0. The van der Waals surface area contributed by atoms with E-state index in [2.05, 4.69) is 57.2 Å². The zero-order valence-corrected chi connectivity index (χ0v) is 50.9. The van der Waals surface area contributed by atoms with Crippen LogP contribution in [0.5, 0.6) is 0 Å². The summed E-state index contributed by atoms with van der Waals surface area (Å²) < 4.78 is 28.5. The number of carboxylic acids is 1. The Morgan fingerprint density at radius 2 is 0.759 bits per heavy atom. The zero-order chi connectivity index (χ0) is 57.5. The lowest BCUT2D eigenvalue weighted by Gasteiger charge is -2.40. The second kappa shape index (κ2) is 55.5. The van der Waals surface area contributed by atoms with Gasteiger partial charge in [-0.25, -0.2) is 4.79 Å². The molecule has 0 aliphatic carbocycles. The first-order valence-corrected chi connectivity index (χ1v) is 33.0. The molecular weight excluding hydrogens is 997 g/mol. The molecule has 0 spiro atoms. The minimum atomic E-state index is -1.90. The van der Waals surface area contributed by atoms with Gasteiger partial charge >= 0.3 is 23.9 Å². The number of carbonyl (C=O) groups is 4. The number of hydrogen-bond acceptors (Lipinski definition) is 11. The predicted molar refractivity (Wildman–Crippen MR) is 322 cm³/mol. The van der Waals surface area contributed by atoms with Crippen LogP contribution in [0.15, 0.2) is 36.5 Å². The van der Waals surface area contributed by atoms with E-state index in [1.54, 1.807) is 0 Å². The molecule has 1 heterocycles. The van der Waals surface area contributed by atoms with Crippen molar-refractivity contribution in [2.24, 2.45) is 0 Å². The summed E-state index contributed by atoms with van der Waals surface area (Å²) in [5.74, 6) is -3.11. The maximum absolute atomic E-state index is 13.2. The molecule has 12 heteroatoms. The SMILES string of the molecule is CCCCC/C=C\C/C=C\CCCCCCCCCC(=O)OC1C(OCC(COC(=O)CCCCCCCCCCCCCCCCCCCCC)OC(=O)CCCCCCC/C=C\CCCCCC)OC(C(=O)O)C(O)C1O. The van der Waals surface area contributed by atoms with Crippen LogP contribution in [0.1, 0.15) is 316 Å². The lowest BCUT2D eigenvalue weighted by molar-refractivity contribution is -0.301. The summed E-state index contributed by atoms with van der Waals surface area (Å²) in [4.78, 5) is 51.3. The molecule has 0 amide bonds. The van der Waals surface area contributed by atoms with Crippen molar-refractivity contribution in [3.63, 3.8) is 0 Å². The number of rotatable bonds is 57. The van der Waals surface area contributed by atoms with Gasteiger partial charge in [0.05, 0.1) is 6.61 Å². The first-order chi connectivity index (χ1) is 38.6. The highest BCUT2D eigenvalue weighted by molar-refractivity contribution is 5.74. The number of allylic oxidation sites excluding steroid dienone is 6. The van der Waals surface area contributed by atoms with Crippen molar-refractivity contribution in [1.82, 2.24) is 0 Å². The Balaban J connectivity index is 2.63. The molecule has 0 bridgehead atoms. The van der Waals surface area contributed by atoms with E-state index in [0.29, 0.717) is 19.3 Å². The molecule has 460 valence electrons. The first-order valence-electron chi connectivity index (χ1n) is 33.0. The highest BCUT2D eigenvalue weighted by Gasteiger charge is 2.50. The molecule has 1 fully saturated rings. The average Bonchev–Trinajstić information content (AvgIpc) is 3.46. The number of hydrogen-bond donors (Lipinski definition) is 3. The molecule has 0 radical (unpaired) electrons. The lowest BCUT2D eigenvalue weighted by Crippen LogP contribution is -2.61. The third-order valence-electron chi connectivity index (χ3n) is 15.2. The molecule has 0 aromatic heterocycles. The van der Waals surface area contributed by atoms with Crippen molar-refractivity contribution >= 4 is 23.9 Å². The fraction of sp³-hybridized carbons (Fsp3) is 0.851. The van der Waals surface area contributed by atoms with Crippen LogP contribution < -0.4 is 0 Å². The van der Waals surface area contributed by atoms with E-state index in [1.807, 2.05) is 0 Å². The average molecular weight is 1120 g/mol. The topological polar surface area (TPSA) is 175 Å². The van der Waals surface area contributed by atoms with Gasteiger partial charge in [-0.05, 0) is 77.0 Å².